The minimum absolute atomic E-state index is 0.0387. The van der Waals surface area contributed by atoms with E-state index in [1.165, 1.54) is 12.5 Å². The first-order valence-corrected chi connectivity index (χ1v) is 12.3. The molecule has 0 aliphatic heterocycles. The Morgan fingerprint density at radius 3 is 2.03 bits per heavy atom. The Kier molecular flexibility index (Phi) is 12.4. The summed E-state index contributed by atoms with van der Waals surface area (Å²) in [6.07, 6.45) is 4.59. The van der Waals surface area contributed by atoms with E-state index in [4.69, 9.17) is 5.73 Å². The zero-order valence-electron chi connectivity index (χ0n) is 21.6. The summed E-state index contributed by atoms with van der Waals surface area (Å²) >= 11 is 0. The van der Waals surface area contributed by atoms with Gasteiger partial charge in [0.1, 0.15) is 18.1 Å². The molecule has 35 heavy (non-hydrogen) atoms. The van der Waals surface area contributed by atoms with Crippen LogP contribution in [0.4, 0.5) is 0 Å². The summed E-state index contributed by atoms with van der Waals surface area (Å²) in [7, 11) is 0. The van der Waals surface area contributed by atoms with Gasteiger partial charge in [-0.25, -0.2) is 9.78 Å². The highest BCUT2D eigenvalue weighted by atomic mass is 16.4. The Morgan fingerprint density at radius 1 is 0.943 bits per heavy atom. The smallest absolute Gasteiger partial charge is 0.326 e. The molecule has 0 spiro atoms. The topological polar surface area (TPSA) is 179 Å². The number of amides is 3. The van der Waals surface area contributed by atoms with Crippen LogP contribution in [0.3, 0.4) is 0 Å². The first-order valence-electron chi connectivity index (χ1n) is 12.3. The van der Waals surface area contributed by atoms with Crippen LogP contribution in [0.15, 0.2) is 12.5 Å². The highest BCUT2D eigenvalue weighted by molar-refractivity contribution is 5.94. The number of aromatic nitrogens is 2. The predicted molar refractivity (Wildman–Crippen MR) is 132 cm³/mol. The number of imidazole rings is 1. The van der Waals surface area contributed by atoms with E-state index in [9.17, 15) is 24.3 Å². The van der Waals surface area contributed by atoms with Gasteiger partial charge in [-0.2, -0.15) is 0 Å². The maximum atomic E-state index is 13.3. The number of rotatable bonds is 15. The van der Waals surface area contributed by atoms with Crippen molar-refractivity contribution in [1.29, 1.82) is 0 Å². The van der Waals surface area contributed by atoms with Crippen molar-refractivity contribution in [3.05, 3.63) is 18.2 Å². The van der Waals surface area contributed by atoms with Crippen LogP contribution < -0.4 is 21.7 Å². The highest BCUT2D eigenvalue weighted by Gasteiger charge is 2.33. The molecule has 3 amide bonds. The summed E-state index contributed by atoms with van der Waals surface area (Å²) < 4.78 is 0. The molecule has 11 heteroatoms. The van der Waals surface area contributed by atoms with Crippen LogP contribution in [0.5, 0.6) is 0 Å². The van der Waals surface area contributed by atoms with E-state index in [-0.39, 0.29) is 30.6 Å². The SMILES string of the molecule is CCC(C)C(N)C(=O)NC(C(=O)NC(Cc1cnc[nH]1)C(=O)NC(CC(C)C)C(=O)O)C(C)CC. The molecule has 198 valence electrons. The largest absolute Gasteiger partial charge is 0.480 e. The maximum absolute atomic E-state index is 13.3. The van der Waals surface area contributed by atoms with Gasteiger partial charge >= 0.3 is 5.97 Å². The van der Waals surface area contributed by atoms with Crippen molar-refractivity contribution in [2.24, 2.45) is 23.5 Å². The number of carboxylic acid groups (broad SMARTS) is 1. The summed E-state index contributed by atoms with van der Waals surface area (Å²) in [5.74, 6) is -3.02. The number of hydrogen-bond donors (Lipinski definition) is 6. The number of carboxylic acids is 1. The van der Waals surface area contributed by atoms with E-state index < -0.39 is 47.9 Å². The quantitative estimate of drug-likeness (QED) is 0.210. The van der Waals surface area contributed by atoms with Gasteiger partial charge in [0, 0.05) is 18.3 Å². The molecule has 7 N–H and O–H groups in total. The molecule has 0 saturated heterocycles. The third-order valence-corrected chi connectivity index (χ3v) is 6.29. The predicted octanol–water partition coefficient (Wildman–Crippen LogP) is 0.957. The third kappa shape index (κ3) is 9.67. The number of nitrogens with zero attached hydrogens (tertiary/aromatic N) is 1. The van der Waals surface area contributed by atoms with Gasteiger partial charge in [0.25, 0.3) is 0 Å². The first kappa shape index (κ1) is 30.1. The Bertz CT molecular complexity index is 828. The van der Waals surface area contributed by atoms with Gasteiger partial charge in [-0.05, 0) is 24.2 Å². The van der Waals surface area contributed by atoms with Gasteiger partial charge < -0.3 is 31.8 Å². The van der Waals surface area contributed by atoms with Crippen molar-refractivity contribution in [3.63, 3.8) is 0 Å². The van der Waals surface area contributed by atoms with E-state index in [0.29, 0.717) is 18.5 Å². The Labute approximate surface area is 207 Å². The van der Waals surface area contributed by atoms with Crippen LogP contribution in [0.2, 0.25) is 0 Å². The third-order valence-electron chi connectivity index (χ3n) is 6.29. The fourth-order valence-electron chi connectivity index (χ4n) is 3.52. The van der Waals surface area contributed by atoms with E-state index >= 15 is 0 Å². The van der Waals surface area contributed by atoms with Crippen LogP contribution >= 0.6 is 0 Å². The Hall–Kier alpha value is -2.95. The highest BCUT2D eigenvalue weighted by Crippen LogP contribution is 2.12. The molecule has 0 saturated carbocycles. The molecule has 1 rings (SSSR count). The van der Waals surface area contributed by atoms with Crippen LogP contribution in [0, 0.1) is 17.8 Å². The average Bonchev–Trinajstić information content (AvgIpc) is 3.32. The van der Waals surface area contributed by atoms with Crippen molar-refractivity contribution in [3.8, 4) is 0 Å². The lowest BCUT2D eigenvalue weighted by Gasteiger charge is -2.28. The van der Waals surface area contributed by atoms with Crippen molar-refractivity contribution < 1.29 is 24.3 Å². The summed E-state index contributed by atoms with van der Waals surface area (Å²) in [6.45, 7) is 11.2. The fourth-order valence-corrected chi connectivity index (χ4v) is 3.52. The second-order valence-corrected chi connectivity index (χ2v) is 9.65. The molecule has 6 unspecified atom stereocenters. The van der Waals surface area contributed by atoms with Gasteiger partial charge in [0.15, 0.2) is 0 Å². The standard InChI is InChI=1S/C24H42N6O5/c1-7-14(5)19(25)22(32)30-20(15(6)8-2)23(33)28-17(10-16-11-26-12-27-16)21(31)29-18(24(34)35)9-13(3)4/h11-15,17-20H,7-10,25H2,1-6H3,(H,26,27)(H,28,33)(H,29,31)(H,30,32)(H,34,35). The van der Waals surface area contributed by atoms with Gasteiger partial charge in [0.05, 0.1) is 12.4 Å². The van der Waals surface area contributed by atoms with Crippen LogP contribution in [-0.2, 0) is 25.6 Å². The van der Waals surface area contributed by atoms with Crippen molar-refractivity contribution in [1.82, 2.24) is 25.9 Å². The van der Waals surface area contributed by atoms with Gasteiger partial charge in [-0.1, -0.05) is 54.4 Å². The van der Waals surface area contributed by atoms with E-state index in [0.717, 1.165) is 0 Å². The zero-order valence-corrected chi connectivity index (χ0v) is 21.6. The molecule has 1 aromatic heterocycles. The van der Waals surface area contributed by atoms with Gasteiger partial charge in [0.2, 0.25) is 17.7 Å². The summed E-state index contributed by atoms with van der Waals surface area (Å²) in [5.41, 5.74) is 6.64. The Balaban J connectivity index is 3.11. The maximum Gasteiger partial charge on any atom is 0.326 e. The molecule has 6 atom stereocenters. The molecule has 1 heterocycles. The number of nitrogens with two attached hydrogens (primary N) is 1. The molecule has 0 aliphatic carbocycles. The summed E-state index contributed by atoms with van der Waals surface area (Å²) in [6, 6.07) is -3.85. The monoisotopic (exact) mass is 494 g/mol. The molecular weight excluding hydrogens is 452 g/mol. The summed E-state index contributed by atoms with van der Waals surface area (Å²) in [4.78, 5) is 57.6. The number of hydrogen-bond acceptors (Lipinski definition) is 6. The lowest BCUT2D eigenvalue weighted by molar-refractivity contribution is -0.142. The van der Waals surface area contributed by atoms with Crippen LogP contribution in [0.25, 0.3) is 0 Å². The molecule has 0 fully saturated rings. The van der Waals surface area contributed by atoms with Gasteiger partial charge in [-0.15, -0.1) is 0 Å². The normalized spacial score (nSPS) is 16.5. The van der Waals surface area contributed by atoms with Crippen molar-refractivity contribution in [2.75, 3.05) is 0 Å². The van der Waals surface area contributed by atoms with Gasteiger partial charge in [-0.3, -0.25) is 14.4 Å². The van der Waals surface area contributed by atoms with E-state index in [1.54, 1.807) is 0 Å². The molecule has 0 radical (unpaired) electrons. The number of aliphatic carboxylic acids is 1. The number of nitrogens with one attached hydrogen (secondary N) is 4. The lowest BCUT2D eigenvalue weighted by atomic mass is 9.95. The molecule has 0 bridgehead atoms. The molecule has 0 aliphatic rings. The Morgan fingerprint density at radius 2 is 1.54 bits per heavy atom. The van der Waals surface area contributed by atoms with Crippen molar-refractivity contribution in [2.45, 2.75) is 91.4 Å². The second-order valence-electron chi connectivity index (χ2n) is 9.65. The number of aromatic amines is 1. The number of carbonyl (C=O) groups excluding carboxylic acids is 3. The minimum atomic E-state index is -1.15. The molecule has 11 nitrogen and oxygen atoms in total. The first-order chi connectivity index (χ1) is 16.4. The minimum Gasteiger partial charge on any atom is -0.480 e. The fraction of sp³-hybridized carbons (Fsp3) is 0.708. The summed E-state index contributed by atoms with van der Waals surface area (Å²) in [5, 5.41) is 17.5. The zero-order chi connectivity index (χ0) is 26.7. The molecule has 0 aromatic carbocycles. The number of H-pyrrole nitrogens is 1. The van der Waals surface area contributed by atoms with E-state index in [2.05, 4.69) is 25.9 Å². The van der Waals surface area contributed by atoms with Crippen molar-refractivity contribution >= 4 is 23.7 Å². The molecular formula is C24H42N6O5. The number of carbonyl (C=O) groups is 4. The second kappa shape index (κ2) is 14.4. The van der Waals surface area contributed by atoms with Crippen LogP contribution in [0.1, 0.15) is 66.5 Å². The lowest BCUT2D eigenvalue weighted by Crippen LogP contribution is -2.59. The van der Waals surface area contributed by atoms with E-state index in [1.807, 2.05) is 41.5 Å². The average molecular weight is 495 g/mol. The van der Waals surface area contributed by atoms with Crippen LogP contribution in [-0.4, -0.2) is 62.9 Å². The molecule has 1 aromatic rings.